The number of rotatable bonds is 10. The first kappa shape index (κ1) is 26.4. The highest BCUT2D eigenvalue weighted by Crippen LogP contribution is 2.32. The van der Waals surface area contributed by atoms with Gasteiger partial charge in [-0.3, -0.25) is 4.79 Å². The van der Waals surface area contributed by atoms with Gasteiger partial charge in [-0.2, -0.15) is 0 Å². The summed E-state index contributed by atoms with van der Waals surface area (Å²) in [6.07, 6.45) is -1.05. The summed E-state index contributed by atoms with van der Waals surface area (Å²) < 4.78 is 21.1. The van der Waals surface area contributed by atoms with Crippen molar-refractivity contribution in [3.05, 3.63) is 35.9 Å². The highest BCUT2D eigenvalue weighted by atomic mass is 16.7. The standard InChI is InChI=1S/C23H31N3O9/c1-3-31-18(28)12-23(20(29)32-4-2)24-19(26-35-23)22(11-10-17(13-27)34-15-22)25-21(30)33-14-16-8-6-5-7-9-16/h5-9,17,27H,3-4,10-15H2,1-2H3,(H,24,26)(H,25,30)/t17-,22+,23?/m1/s1. The summed E-state index contributed by atoms with van der Waals surface area (Å²) in [6, 6.07) is 9.14. The molecule has 0 bridgehead atoms. The molecule has 1 saturated heterocycles. The molecule has 2 heterocycles. The number of alkyl carbamates (subject to hydrolysis) is 1. The van der Waals surface area contributed by atoms with Gasteiger partial charge in [0.2, 0.25) is 0 Å². The molecule has 35 heavy (non-hydrogen) atoms. The Labute approximate surface area is 202 Å². The predicted octanol–water partition coefficient (Wildman–Crippen LogP) is 0.969. The van der Waals surface area contributed by atoms with E-state index in [4.69, 9.17) is 23.8 Å². The number of ether oxygens (including phenoxy) is 4. The van der Waals surface area contributed by atoms with Gasteiger partial charge in [0, 0.05) is 0 Å². The van der Waals surface area contributed by atoms with E-state index in [0.29, 0.717) is 6.42 Å². The monoisotopic (exact) mass is 493 g/mol. The van der Waals surface area contributed by atoms with Crippen molar-refractivity contribution >= 4 is 23.9 Å². The number of amidine groups is 1. The summed E-state index contributed by atoms with van der Waals surface area (Å²) in [5.41, 5.74) is 0.0748. The van der Waals surface area contributed by atoms with Crippen LogP contribution in [0, 0.1) is 0 Å². The molecule has 1 unspecified atom stereocenters. The van der Waals surface area contributed by atoms with Gasteiger partial charge < -0.3 is 29.4 Å². The largest absolute Gasteiger partial charge is 0.466 e. The quantitative estimate of drug-likeness (QED) is 0.317. The molecule has 3 atom stereocenters. The molecule has 1 aromatic rings. The van der Waals surface area contributed by atoms with E-state index in [1.807, 2.05) is 30.3 Å². The van der Waals surface area contributed by atoms with Crippen LogP contribution >= 0.6 is 0 Å². The maximum absolute atomic E-state index is 12.7. The Balaban J connectivity index is 1.84. The molecule has 0 radical (unpaired) electrons. The van der Waals surface area contributed by atoms with Crippen molar-refractivity contribution in [2.24, 2.45) is 4.99 Å². The fourth-order valence-electron chi connectivity index (χ4n) is 3.72. The first-order valence-corrected chi connectivity index (χ1v) is 11.4. The molecule has 1 aromatic carbocycles. The summed E-state index contributed by atoms with van der Waals surface area (Å²) in [5, 5.41) is 12.2. The Morgan fingerprint density at radius 3 is 2.54 bits per heavy atom. The van der Waals surface area contributed by atoms with Gasteiger partial charge in [0.1, 0.15) is 18.6 Å². The van der Waals surface area contributed by atoms with E-state index in [2.05, 4.69) is 15.8 Å². The summed E-state index contributed by atoms with van der Waals surface area (Å²) in [5.74, 6) is -1.54. The van der Waals surface area contributed by atoms with Crippen molar-refractivity contribution < 1.29 is 43.3 Å². The molecule has 1 amide bonds. The third-order valence-corrected chi connectivity index (χ3v) is 5.56. The van der Waals surface area contributed by atoms with E-state index in [1.165, 1.54) is 0 Å². The average molecular weight is 494 g/mol. The number of nitrogens with one attached hydrogen (secondary N) is 2. The number of carbonyl (C=O) groups excluding carboxylic acids is 3. The van der Waals surface area contributed by atoms with Gasteiger partial charge in [-0.1, -0.05) is 30.3 Å². The lowest BCUT2D eigenvalue weighted by Gasteiger charge is -2.39. The fourth-order valence-corrected chi connectivity index (χ4v) is 3.72. The highest BCUT2D eigenvalue weighted by Gasteiger charge is 2.54. The van der Waals surface area contributed by atoms with Crippen LogP contribution in [0.4, 0.5) is 4.79 Å². The summed E-state index contributed by atoms with van der Waals surface area (Å²) in [4.78, 5) is 47.6. The van der Waals surface area contributed by atoms with Gasteiger partial charge >= 0.3 is 18.0 Å². The zero-order chi connectivity index (χ0) is 25.3. The van der Waals surface area contributed by atoms with Crippen LogP contribution in [0.2, 0.25) is 0 Å². The third-order valence-electron chi connectivity index (χ3n) is 5.56. The van der Waals surface area contributed by atoms with Gasteiger partial charge in [0.05, 0.1) is 32.5 Å². The van der Waals surface area contributed by atoms with Gasteiger partial charge in [0.15, 0.2) is 5.84 Å². The minimum Gasteiger partial charge on any atom is -0.466 e. The normalized spacial score (nSPS) is 25.7. The number of aliphatic hydroxyl groups excluding tert-OH is 1. The van der Waals surface area contributed by atoms with Crippen LogP contribution in [0.5, 0.6) is 0 Å². The molecule has 12 nitrogen and oxygen atoms in total. The maximum atomic E-state index is 12.7. The van der Waals surface area contributed by atoms with Crippen molar-refractivity contribution in [2.45, 2.75) is 57.1 Å². The van der Waals surface area contributed by atoms with Crippen LogP contribution in [0.3, 0.4) is 0 Å². The Morgan fingerprint density at radius 2 is 1.91 bits per heavy atom. The molecule has 12 heteroatoms. The number of amides is 1. The minimum atomic E-state index is -2.03. The Morgan fingerprint density at radius 1 is 1.17 bits per heavy atom. The smallest absolute Gasteiger partial charge is 0.408 e. The van der Waals surface area contributed by atoms with E-state index in [1.54, 1.807) is 13.8 Å². The number of hydroxylamine groups is 1. The Bertz CT molecular complexity index is 916. The van der Waals surface area contributed by atoms with E-state index in [0.717, 1.165) is 5.56 Å². The molecule has 2 aliphatic rings. The second-order valence-electron chi connectivity index (χ2n) is 8.07. The number of hydrogen-bond acceptors (Lipinski definition) is 11. The van der Waals surface area contributed by atoms with Crippen molar-refractivity contribution in [3.8, 4) is 0 Å². The van der Waals surface area contributed by atoms with Crippen LogP contribution in [0.1, 0.15) is 38.7 Å². The number of benzene rings is 1. The fraction of sp³-hybridized carbons (Fsp3) is 0.565. The lowest BCUT2D eigenvalue weighted by molar-refractivity contribution is -0.180. The Hall–Kier alpha value is -3.22. The van der Waals surface area contributed by atoms with Crippen molar-refractivity contribution in [1.29, 1.82) is 0 Å². The van der Waals surface area contributed by atoms with Crippen LogP contribution in [-0.4, -0.2) is 72.8 Å². The molecular weight excluding hydrogens is 462 g/mol. The first-order valence-electron chi connectivity index (χ1n) is 11.4. The molecule has 0 saturated carbocycles. The van der Waals surface area contributed by atoms with Gasteiger partial charge in [-0.05, 0) is 32.3 Å². The summed E-state index contributed by atoms with van der Waals surface area (Å²) in [7, 11) is 0. The molecule has 0 aromatic heterocycles. The minimum absolute atomic E-state index is 0.0358. The van der Waals surface area contributed by atoms with Crippen LogP contribution in [-0.2, 0) is 40.0 Å². The number of hydrogen-bond donors (Lipinski definition) is 3. The molecular formula is C23H31N3O9. The third kappa shape index (κ3) is 6.47. The molecule has 0 aliphatic carbocycles. The molecule has 0 spiro atoms. The highest BCUT2D eigenvalue weighted by molar-refractivity contribution is 5.99. The van der Waals surface area contributed by atoms with Crippen LogP contribution < -0.4 is 10.8 Å². The van der Waals surface area contributed by atoms with Crippen LogP contribution in [0.25, 0.3) is 0 Å². The first-order chi connectivity index (χ1) is 16.9. The lowest BCUT2D eigenvalue weighted by atomic mass is 9.88. The van der Waals surface area contributed by atoms with E-state index in [9.17, 15) is 19.5 Å². The van der Waals surface area contributed by atoms with E-state index in [-0.39, 0.29) is 45.3 Å². The average Bonchev–Trinajstić information content (AvgIpc) is 3.30. The zero-order valence-electron chi connectivity index (χ0n) is 19.8. The number of esters is 2. The zero-order valence-corrected chi connectivity index (χ0v) is 19.8. The summed E-state index contributed by atoms with van der Waals surface area (Å²) in [6.45, 7) is 3.14. The predicted molar refractivity (Wildman–Crippen MR) is 121 cm³/mol. The topological polar surface area (TPSA) is 154 Å². The second kappa shape index (κ2) is 12.0. The molecule has 3 N–H and O–H groups in total. The molecule has 192 valence electrons. The van der Waals surface area contributed by atoms with Gasteiger partial charge in [-0.25, -0.2) is 24.9 Å². The number of nitrogens with zero attached hydrogens (tertiary/aromatic N) is 1. The lowest BCUT2D eigenvalue weighted by Crippen LogP contribution is -2.63. The van der Waals surface area contributed by atoms with E-state index >= 15 is 0 Å². The second-order valence-corrected chi connectivity index (χ2v) is 8.07. The molecule has 3 rings (SSSR count). The van der Waals surface area contributed by atoms with Crippen molar-refractivity contribution in [3.63, 3.8) is 0 Å². The van der Waals surface area contributed by atoms with E-state index < -0.39 is 41.8 Å². The van der Waals surface area contributed by atoms with Gasteiger partial charge in [0.25, 0.3) is 5.72 Å². The van der Waals surface area contributed by atoms with Gasteiger partial charge in [-0.15, -0.1) is 0 Å². The van der Waals surface area contributed by atoms with Crippen molar-refractivity contribution in [2.75, 3.05) is 26.4 Å². The number of aliphatic hydroxyl groups is 1. The van der Waals surface area contributed by atoms with Crippen LogP contribution in [0.15, 0.2) is 35.3 Å². The van der Waals surface area contributed by atoms with Crippen molar-refractivity contribution in [1.82, 2.24) is 10.8 Å². The molecule has 1 fully saturated rings. The number of aliphatic imine (C=N–C) groups is 1. The Kier molecular flexibility index (Phi) is 9.01. The summed E-state index contributed by atoms with van der Waals surface area (Å²) >= 11 is 0. The number of carbonyl (C=O) groups is 3. The SMILES string of the molecule is CCOC(=O)CC1(C(=O)OCC)N=C([C@]2(NC(=O)OCc3ccccc3)CC[C@H](CO)OC2)NO1. The maximum Gasteiger partial charge on any atom is 0.408 e. The molecule has 2 aliphatic heterocycles.